The second kappa shape index (κ2) is 2.51. The fourth-order valence-electron chi connectivity index (χ4n) is 0.278. The summed E-state index contributed by atoms with van der Waals surface area (Å²) >= 11 is 0. The molecule has 0 saturated heterocycles. The number of carbonyl (C=O) groups excluding carboxylic acids is 6. The van der Waals surface area contributed by atoms with Crippen molar-refractivity contribution in [3.05, 3.63) is 0 Å². The molecule has 13 heavy (non-hydrogen) atoms. The van der Waals surface area contributed by atoms with E-state index in [2.05, 4.69) is 0 Å². The molecule has 0 radical (unpaired) electrons. The van der Waals surface area contributed by atoms with Gasteiger partial charge in [-0.2, -0.15) is 0 Å². The molecule has 0 N–H and O–H groups in total. The standard InChI is InChI=1S/6CHO.Co/c6*1-2;/h6*1H;. The van der Waals surface area contributed by atoms with Gasteiger partial charge in [0.2, 0.25) is 0 Å². The average molecular weight is 233 g/mol. The Labute approximate surface area is 71.2 Å². The molecule has 0 heterocycles. The second-order valence-electron chi connectivity index (χ2n) is 2.14. The van der Waals surface area contributed by atoms with Crippen LogP contribution in [0.5, 0.6) is 0 Å². The number of hydrogen-bond donors (Lipinski definition) is 0. The van der Waals surface area contributed by atoms with Gasteiger partial charge < -0.3 is 0 Å². The quantitative estimate of drug-likeness (QED) is 0.509. The van der Waals surface area contributed by atoms with E-state index in [1.165, 1.54) is 0 Å². The van der Waals surface area contributed by atoms with Gasteiger partial charge >= 0.3 is 70.6 Å². The number of carbonyl (C=O) groups is 6. The Kier molecular flexibility index (Phi) is 2.22. The summed E-state index contributed by atoms with van der Waals surface area (Å²) in [6.07, 6.45) is 0. The third kappa shape index (κ3) is 0.940. The zero-order valence-corrected chi connectivity index (χ0v) is 7.29. The van der Waals surface area contributed by atoms with Crippen molar-refractivity contribution in [1.29, 1.82) is 0 Å². The van der Waals surface area contributed by atoms with Gasteiger partial charge in [-0.25, -0.2) is 0 Å². The van der Waals surface area contributed by atoms with Gasteiger partial charge in [-0.05, 0) is 0 Å². The topological polar surface area (TPSA) is 102 Å². The van der Waals surface area contributed by atoms with Gasteiger partial charge in [0.15, 0.2) is 0 Å². The average Bonchev–Trinajstić information content (AvgIpc) is 2.26. The van der Waals surface area contributed by atoms with E-state index < -0.39 is 41.9 Å². The molecule has 0 fully saturated rings. The van der Waals surface area contributed by atoms with Crippen molar-refractivity contribution in [3.63, 3.8) is 0 Å². The van der Waals surface area contributed by atoms with Crippen molar-refractivity contribution < 1.29 is 39.3 Å². The summed E-state index contributed by atoms with van der Waals surface area (Å²) in [4.78, 5) is 63.2. The van der Waals surface area contributed by atoms with Crippen LogP contribution < -0.4 is 0 Å². The van der Waals surface area contributed by atoms with Crippen LogP contribution in [0.15, 0.2) is 0 Å². The van der Waals surface area contributed by atoms with Crippen LogP contribution in [-0.2, 0) is 39.3 Å². The van der Waals surface area contributed by atoms with Crippen molar-refractivity contribution in [3.8, 4) is 0 Å². The van der Waals surface area contributed by atoms with E-state index in [1.54, 1.807) is 0 Å². The van der Waals surface area contributed by atoms with Gasteiger partial charge in [-0.15, -0.1) is 0 Å². The summed E-state index contributed by atoms with van der Waals surface area (Å²) in [7, 11) is -5.95. The summed E-state index contributed by atoms with van der Waals surface area (Å²) < 4.78 is 0. The normalized spacial score (nSPS) is 15.7. The van der Waals surface area contributed by atoms with E-state index in [0.717, 1.165) is 0 Å². The van der Waals surface area contributed by atoms with Crippen molar-refractivity contribution in [2.45, 2.75) is 0 Å². The maximum atomic E-state index is 10.5. The van der Waals surface area contributed by atoms with E-state index in [4.69, 9.17) is 0 Å². The molecule has 0 aromatic heterocycles. The van der Waals surface area contributed by atoms with E-state index in [9.17, 15) is 28.8 Å². The molecule has 0 saturated carbocycles. The molecular formula is C6H6CoO6. The fraction of sp³-hybridized carbons (Fsp3) is 0. The first kappa shape index (κ1) is 11.5. The van der Waals surface area contributed by atoms with E-state index in [0.29, 0.717) is 0 Å². The van der Waals surface area contributed by atoms with Gasteiger partial charge in [0.05, 0.1) is 0 Å². The summed E-state index contributed by atoms with van der Waals surface area (Å²) in [5.41, 5.74) is 0. The zero-order chi connectivity index (χ0) is 10.7. The SMILES string of the molecule is O=[CH][Co]([CH]=O)([CH]=O)([CH]=O)([CH]=O)[CH]=O. The van der Waals surface area contributed by atoms with Crippen molar-refractivity contribution in [1.82, 2.24) is 0 Å². The molecule has 0 spiro atoms. The number of hydrogen-bond acceptors (Lipinski definition) is 6. The van der Waals surface area contributed by atoms with Crippen LogP contribution >= 0.6 is 0 Å². The molecule has 0 aliphatic rings. The Balaban J connectivity index is 6.50. The number of rotatable bonds is 6. The minimum atomic E-state index is -5.95. The molecule has 0 rings (SSSR count). The predicted molar refractivity (Wildman–Crippen MR) is 40.5 cm³/mol. The Morgan fingerprint density at radius 2 is 0.615 bits per heavy atom. The van der Waals surface area contributed by atoms with Gasteiger partial charge in [-0.1, -0.05) is 0 Å². The van der Waals surface area contributed by atoms with Crippen LogP contribution in [0, 0.1) is 0 Å². The molecule has 6 nitrogen and oxygen atoms in total. The summed E-state index contributed by atoms with van der Waals surface area (Å²) in [5.74, 6) is 0. The first-order valence-corrected chi connectivity index (χ1v) is 6.18. The molecule has 0 aromatic rings. The molecule has 0 unspecified atom stereocenters. The van der Waals surface area contributed by atoms with E-state index in [1.807, 2.05) is 0 Å². The van der Waals surface area contributed by atoms with Crippen LogP contribution in [0.25, 0.3) is 0 Å². The van der Waals surface area contributed by atoms with Crippen molar-refractivity contribution >= 4 is 31.3 Å². The first-order valence-electron chi connectivity index (χ1n) is 2.57. The Morgan fingerprint density at radius 1 is 0.462 bits per heavy atom. The Bertz CT molecular complexity index is 233. The molecule has 0 amide bonds. The zero-order valence-electron chi connectivity index (χ0n) is 6.25. The monoisotopic (exact) mass is 233 g/mol. The molecule has 0 aromatic carbocycles. The fourth-order valence-corrected chi connectivity index (χ4v) is 1.15. The van der Waals surface area contributed by atoms with Gasteiger partial charge in [0, 0.05) is 0 Å². The molecule has 0 aliphatic heterocycles. The van der Waals surface area contributed by atoms with Gasteiger partial charge in [0.25, 0.3) is 0 Å². The molecule has 0 aliphatic carbocycles. The first-order chi connectivity index (χ1) is 5.97. The molecular weight excluding hydrogens is 227 g/mol. The van der Waals surface area contributed by atoms with Gasteiger partial charge in [-0.3, -0.25) is 0 Å². The van der Waals surface area contributed by atoms with E-state index in [-0.39, 0.29) is 0 Å². The molecule has 7 heteroatoms. The molecule has 0 bridgehead atoms. The second-order valence-corrected chi connectivity index (χ2v) is 8.82. The van der Waals surface area contributed by atoms with Crippen LogP contribution in [0.2, 0.25) is 0 Å². The Morgan fingerprint density at radius 3 is 0.615 bits per heavy atom. The minimum absolute atomic E-state index is 0.448. The van der Waals surface area contributed by atoms with E-state index >= 15 is 0 Å². The molecule has 75 valence electrons. The summed E-state index contributed by atoms with van der Waals surface area (Å²) in [6.45, 7) is 0. The van der Waals surface area contributed by atoms with Crippen LogP contribution in [-0.4, -0.2) is 31.3 Å². The molecule has 0 atom stereocenters. The van der Waals surface area contributed by atoms with Gasteiger partial charge in [0.1, 0.15) is 0 Å². The third-order valence-corrected chi connectivity index (χ3v) is 5.61. The summed E-state index contributed by atoms with van der Waals surface area (Å²) in [6, 6.07) is 0. The predicted octanol–water partition coefficient (Wildman–Crippen LogP) is -1.65. The van der Waals surface area contributed by atoms with Crippen molar-refractivity contribution in [2.24, 2.45) is 0 Å². The van der Waals surface area contributed by atoms with Crippen LogP contribution in [0.3, 0.4) is 0 Å². The summed E-state index contributed by atoms with van der Waals surface area (Å²) in [5, 5.41) is -2.69. The van der Waals surface area contributed by atoms with Crippen LogP contribution in [0.4, 0.5) is 0 Å². The van der Waals surface area contributed by atoms with Crippen LogP contribution in [0.1, 0.15) is 0 Å². The Hall–Kier alpha value is -1.47. The van der Waals surface area contributed by atoms with Crippen molar-refractivity contribution in [2.75, 3.05) is 0 Å². The third-order valence-electron chi connectivity index (χ3n) is 1.36. The maximum absolute atomic E-state index is 10.5.